The van der Waals surface area contributed by atoms with E-state index in [0.29, 0.717) is 12.6 Å². The van der Waals surface area contributed by atoms with E-state index in [2.05, 4.69) is 15.2 Å². The normalized spacial score (nSPS) is 15.8. The van der Waals surface area contributed by atoms with Crippen molar-refractivity contribution in [3.8, 4) is 0 Å². The molecular formula is C13H17ClN4O3. The summed E-state index contributed by atoms with van der Waals surface area (Å²) in [6.07, 6.45) is 3.64. The molecule has 0 saturated heterocycles. The maximum Gasteiger partial charge on any atom is 0.319 e. The van der Waals surface area contributed by atoms with E-state index in [9.17, 15) is 14.9 Å². The maximum absolute atomic E-state index is 12.1. The van der Waals surface area contributed by atoms with E-state index in [-0.39, 0.29) is 16.8 Å². The second kappa shape index (κ2) is 6.36. The number of nitro groups is 1. The third-order valence-electron chi connectivity index (χ3n) is 3.68. The monoisotopic (exact) mass is 312 g/mol. The van der Waals surface area contributed by atoms with Crippen molar-refractivity contribution < 1.29 is 9.72 Å². The van der Waals surface area contributed by atoms with Crippen LogP contribution in [-0.2, 0) is 0 Å². The predicted molar refractivity (Wildman–Crippen MR) is 78.5 cm³/mol. The molecule has 114 valence electrons. The number of aromatic nitrogens is 1. The van der Waals surface area contributed by atoms with E-state index in [1.165, 1.54) is 25.1 Å². The Labute approximate surface area is 127 Å². The van der Waals surface area contributed by atoms with Crippen molar-refractivity contribution in [2.45, 2.75) is 31.8 Å². The number of likely N-dealkylation sites (N-methyl/N-ethyl adjacent to an activating group) is 1. The first kappa shape index (κ1) is 15.7. The summed E-state index contributed by atoms with van der Waals surface area (Å²) in [6, 6.07) is 2.05. The lowest BCUT2D eigenvalue weighted by atomic mass is 10.2. The molecule has 0 bridgehead atoms. The van der Waals surface area contributed by atoms with E-state index in [0.717, 1.165) is 0 Å². The molecule has 1 atom stereocenters. The molecule has 1 unspecified atom stereocenters. The molecule has 1 aliphatic carbocycles. The Bertz CT molecular complexity index is 562. The topological polar surface area (TPSA) is 88.4 Å². The number of nitrogens with one attached hydrogen (secondary N) is 1. The molecule has 1 fully saturated rings. The van der Waals surface area contributed by atoms with Crippen LogP contribution in [0.4, 0.5) is 5.69 Å². The van der Waals surface area contributed by atoms with Gasteiger partial charge in [-0.05, 0) is 32.9 Å². The summed E-state index contributed by atoms with van der Waals surface area (Å²) >= 11 is 5.69. The Balaban J connectivity index is 2.03. The highest BCUT2D eigenvalue weighted by Gasteiger charge is 2.30. The number of carbonyl (C=O) groups is 1. The van der Waals surface area contributed by atoms with Gasteiger partial charge in [0, 0.05) is 24.8 Å². The van der Waals surface area contributed by atoms with Gasteiger partial charge in [-0.2, -0.15) is 0 Å². The quantitative estimate of drug-likeness (QED) is 0.492. The minimum absolute atomic E-state index is 0.0683. The molecule has 8 heteroatoms. The Morgan fingerprint density at radius 1 is 1.67 bits per heavy atom. The van der Waals surface area contributed by atoms with Crippen molar-refractivity contribution in [1.82, 2.24) is 15.2 Å². The van der Waals surface area contributed by atoms with Crippen molar-refractivity contribution in [2.75, 3.05) is 13.6 Å². The molecule has 0 radical (unpaired) electrons. The summed E-state index contributed by atoms with van der Waals surface area (Å²) in [7, 11) is 2.01. The summed E-state index contributed by atoms with van der Waals surface area (Å²) in [5.74, 6) is -0.512. The molecule has 1 aliphatic rings. The first-order chi connectivity index (χ1) is 9.91. The highest BCUT2D eigenvalue weighted by molar-refractivity contribution is 6.32. The molecule has 1 saturated carbocycles. The van der Waals surface area contributed by atoms with Gasteiger partial charge < -0.3 is 5.32 Å². The number of nitrogens with zero attached hydrogens (tertiary/aromatic N) is 3. The first-order valence-corrected chi connectivity index (χ1v) is 7.08. The summed E-state index contributed by atoms with van der Waals surface area (Å²) < 4.78 is 0. The number of rotatable bonds is 6. The van der Waals surface area contributed by atoms with Gasteiger partial charge in [0.05, 0.1) is 4.92 Å². The van der Waals surface area contributed by atoms with Gasteiger partial charge in [0.2, 0.25) is 5.15 Å². The van der Waals surface area contributed by atoms with Gasteiger partial charge in [-0.1, -0.05) is 11.6 Å². The van der Waals surface area contributed by atoms with Crippen LogP contribution in [0.25, 0.3) is 0 Å². The van der Waals surface area contributed by atoms with Crippen LogP contribution in [0.1, 0.15) is 30.1 Å². The van der Waals surface area contributed by atoms with E-state index in [1.54, 1.807) is 0 Å². The summed E-state index contributed by atoms with van der Waals surface area (Å²) in [5.41, 5.74) is -0.527. The van der Waals surface area contributed by atoms with Gasteiger partial charge in [0.1, 0.15) is 5.56 Å². The maximum atomic E-state index is 12.1. The van der Waals surface area contributed by atoms with Gasteiger partial charge in [0.25, 0.3) is 5.91 Å². The molecule has 2 rings (SSSR count). The second-order valence-electron chi connectivity index (χ2n) is 5.21. The highest BCUT2D eigenvalue weighted by atomic mass is 35.5. The zero-order valence-electron chi connectivity index (χ0n) is 11.9. The first-order valence-electron chi connectivity index (χ1n) is 6.70. The summed E-state index contributed by atoms with van der Waals surface area (Å²) in [6.45, 7) is 2.43. The number of halogens is 1. The predicted octanol–water partition coefficient (Wildman–Crippen LogP) is 1.86. The molecule has 1 heterocycles. The summed E-state index contributed by atoms with van der Waals surface area (Å²) in [4.78, 5) is 28.2. The zero-order valence-corrected chi connectivity index (χ0v) is 12.6. The van der Waals surface area contributed by atoms with E-state index in [4.69, 9.17) is 11.6 Å². The molecule has 0 aromatic carbocycles. The van der Waals surface area contributed by atoms with Gasteiger partial charge in [-0.3, -0.25) is 19.8 Å². The lowest BCUT2D eigenvalue weighted by Gasteiger charge is -2.24. The van der Waals surface area contributed by atoms with E-state index < -0.39 is 16.5 Å². The van der Waals surface area contributed by atoms with Crippen LogP contribution in [0.5, 0.6) is 0 Å². The van der Waals surface area contributed by atoms with Crippen molar-refractivity contribution in [2.24, 2.45) is 0 Å². The number of pyridine rings is 1. The number of carbonyl (C=O) groups excluding carboxylic acids is 1. The fourth-order valence-electron chi connectivity index (χ4n) is 2.11. The van der Waals surface area contributed by atoms with Gasteiger partial charge in [0.15, 0.2) is 0 Å². The van der Waals surface area contributed by atoms with Gasteiger partial charge in [-0.15, -0.1) is 0 Å². The molecule has 1 N–H and O–H groups in total. The standard InChI is InChI=1S/C13H17ClN4O3/c1-8(17(2)9-3-4-9)7-16-13(19)10-5-6-15-12(14)11(10)18(20)21/h5-6,8-9H,3-4,7H2,1-2H3,(H,16,19). The second-order valence-corrected chi connectivity index (χ2v) is 5.57. The van der Waals surface area contributed by atoms with Crippen molar-refractivity contribution in [3.63, 3.8) is 0 Å². The number of hydrogen-bond acceptors (Lipinski definition) is 5. The van der Waals surface area contributed by atoms with Crippen molar-refractivity contribution >= 4 is 23.2 Å². The van der Waals surface area contributed by atoms with E-state index >= 15 is 0 Å². The molecule has 0 spiro atoms. The molecule has 7 nitrogen and oxygen atoms in total. The van der Waals surface area contributed by atoms with Crippen LogP contribution in [-0.4, -0.2) is 46.4 Å². The molecule has 1 aromatic rings. The van der Waals surface area contributed by atoms with E-state index in [1.807, 2.05) is 14.0 Å². The Morgan fingerprint density at radius 2 is 2.33 bits per heavy atom. The smallest absolute Gasteiger partial charge is 0.319 e. The van der Waals surface area contributed by atoms with Gasteiger partial charge in [-0.25, -0.2) is 4.98 Å². The Morgan fingerprint density at radius 3 is 2.90 bits per heavy atom. The van der Waals surface area contributed by atoms with Crippen LogP contribution in [0, 0.1) is 10.1 Å². The summed E-state index contributed by atoms with van der Waals surface area (Å²) in [5, 5.41) is 13.4. The van der Waals surface area contributed by atoms with Crippen LogP contribution < -0.4 is 5.32 Å². The van der Waals surface area contributed by atoms with Gasteiger partial charge >= 0.3 is 5.69 Å². The number of hydrogen-bond donors (Lipinski definition) is 1. The van der Waals surface area contributed by atoms with Crippen molar-refractivity contribution in [3.05, 3.63) is 33.1 Å². The van der Waals surface area contributed by atoms with Crippen LogP contribution in [0.2, 0.25) is 5.15 Å². The average molecular weight is 313 g/mol. The highest BCUT2D eigenvalue weighted by Crippen LogP contribution is 2.27. The molecule has 21 heavy (non-hydrogen) atoms. The largest absolute Gasteiger partial charge is 0.350 e. The SMILES string of the molecule is CC(CNC(=O)c1ccnc(Cl)c1[N+](=O)[O-])N(C)C1CC1. The number of amides is 1. The minimum atomic E-state index is -0.690. The Hall–Kier alpha value is -1.73. The lowest BCUT2D eigenvalue weighted by molar-refractivity contribution is -0.385. The third kappa shape index (κ3) is 3.68. The van der Waals surface area contributed by atoms with Crippen LogP contribution in [0.15, 0.2) is 12.3 Å². The fourth-order valence-corrected chi connectivity index (χ4v) is 2.33. The van der Waals surface area contributed by atoms with Crippen LogP contribution >= 0.6 is 11.6 Å². The molecular weight excluding hydrogens is 296 g/mol. The van der Waals surface area contributed by atoms with Crippen LogP contribution in [0.3, 0.4) is 0 Å². The zero-order chi connectivity index (χ0) is 15.6. The molecule has 1 amide bonds. The molecule has 1 aromatic heterocycles. The lowest BCUT2D eigenvalue weighted by Crippen LogP contribution is -2.41. The molecule has 0 aliphatic heterocycles. The Kier molecular flexibility index (Phi) is 4.74. The minimum Gasteiger partial charge on any atom is -0.350 e. The average Bonchev–Trinajstić information content (AvgIpc) is 3.27. The fraction of sp³-hybridized carbons (Fsp3) is 0.538. The third-order valence-corrected chi connectivity index (χ3v) is 3.96. The van der Waals surface area contributed by atoms with Crippen molar-refractivity contribution in [1.29, 1.82) is 0 Å².